The Bertz CT molecular complexity index is 707. The third-order valence-corrected chi connectivity index (χ3v) is 7.37. The maximum atomic E-state index is 13.4. The molecule has 0 amide bonds. The molecule has 24 heavy (non-hydrogen) atoms. The van der Waals surface area contributed by atoms with Crippen LogP contribution in [0.25, 0.3) is 0 Å². The summed E-state index contributed by atoms with van der Waals surface area (Å²) in [5, 5.41) is 0. The molecule has 3 rings (SSSR count). The van der Waals surface area contributed by atoms with Crippen LogP contribution >= 0.6 is 12.9 Å². The molecule has 124 valence electrons. The first-order valence-electron chi connectivity index (χ1n) is 8.28. The molecule has 0 fully saturated rings. The van der Waals surface area contributed by atoms with Gasteiger partial charge in [0.2, 0.25) is 0 Å². The van der Waals surface area contributed by atoms with Crippen molar-refractivity contribution < 1.29 is 9.13 Å². The van der Waals surface area contributed by atoms with Crippen LogP contribution in [0.2, 0.25) is 0 Å². The fraction of sp³-hybridized carbons (Fsp3) is 0.368. The second-order valence-electron chi connectivity index (χ2n) is 6.65. The van der Waals surface area contributed by atoms with E-state index in [0.29, 0.717) is 6.61 Å². The van der Waals surface area contributed by atoms with Gasteiger partial charge in [-0.1, -0.05) is 30.3 Å². The molecule has 1 unspecified atom stereocenters. The lowest BCUT2D eigenvalue weighted by Gasteiger charge is -2.31. The van der Waals surface area contributed by atoms with Crippen molar-refractivity contribution in [2.45, 2.75) is 25.0 Å². The molecule has 0 spiro atoms. The molecular formula is C19H21BrFMgNO. The van der Waals surface area contributed by atoms with E-state index in [0.717, 1.165) is 24.9 Å². The highest BCUT2D eigenvalue weighted by atomic mass is 79.9. The van der Waals surface area contributed by atoms with Crippen molar-refractivity contribution in [1.82, 2.24) is 4.90 Å². The van der Waals surface area contributed by atoms with Crippen molar-refractivity contribution >= 4 is 34.8 Å². The summed E-state index contributed by atoms with van der Waals surface area (Å²) in [6, 6.07) is 13.5. The summed E-state index contributed by atoms with van der Waals surface area (Å²) in [7, 11) is 4.17. The third-order valence-electron chi connectivity index (χ3n) is 4.68. The Morgan fingerprint density at radius 1 is 1.21 bits per heavy atom. The molecule has 0 bridgehead atoms. The van der Waals surface area contributed by atoms with E-state index in [1.54, 1.807) is 0 Å². The second-order valence-corrected chi connectivity index (χ2v) is 9.42. The minimum Gasteiger partial charge on any atom is -0.361 e. The molecule has 1 atom stereocenters. The highest BCUT2D eigenvalue weighted by Crippen LogP contribution is 2.45. The first kappa shape index (κ1) is 18.3. The van der Waals surface area contributed by atoms with Crippen molar-refractivity contribution in [3.8, 4) is 0 Å². The van der Waals surface area contributed by atoms with E-state index in [1.807, 2.05) is 12.1 Å². The van der Waals surface area contributed by atoms with Crippen LogP contribution in [0.3, 0.4) is 0 Å². The van der Waals surface area contributed by atoms with Crippen LogP contribution in [-0.2, 0) is 16.9 Å². The topological polar surface area (TPSA) is 12.5 Å². The molecule has 2 aromatic rings. The average Bonchev–Trinajstić information content (AvgIpc) is 2.94. The molecule has 0 aliphatic carbocycles. The first-order chi connectivity index (χ1) is 11.5. The van der Waals surface area contributed by atoms with Gasteiger partial charge in [0.1, 0.15) is 11.4 Å². The predicted molar refractivity (Wildman–Crippen MR) is 101 cm³/mol. The maximum Gasteiger partial charge on any atom is 0.506 e. The molecule has 0 saturated heterocycles. The summed E-state index contributed by atoms with van der Waals surface area (Å²) in [5.41, 5.74) is 3.11. The lowest BCUT2D eigenvalue weighted by Crippen LogP contribution is -2.29. The Morgan fingerprint density at radius 3 is 2.62 bits per heavy atom. The third kappa shape index (κ3) is 3.70. The van der Waals surface area contributed by atoms with Gasteiger partial charge in [-0.15, -0.1) is 0 Å². The summed E-state index contributed by atoms with van der Waals surface area (Å²) in [4.78, 5) is 2.19. The van der Waals surface area contributed by atoms with Crippen LogP contribution < -0.4 is 3.69 Å². The van der Waals surface area contributed by atoms with Gasteiger partial charge < -0.3 is 9.64 Å². The fourth-order valence-electron chi connectivity index (χ4n) is 3.48. The number of nitrogens with zero attached hydrogens (tertiary/aromatic N) is 1. The monoisotopic (exact) mass is 401 g/mol. The SMILES string of the molecule is CN(C)CCCC1(c2ccc(F)cc2)OCc2c[c]([Mg][Br])ccc21. The molecule has 0 saturated carbocycles. The lowest BCUT2D eigenvalue weighted by atomic mass is 9.82. The number of rotatable bonds is 6. The summed E-state index contributed by atoms with van der Waals surface area (Å²) in [6.07, 6.45) is 1.92. The number of ether oxygens (including phenoxy) is 1. The normalized spacial score (nSPS) is 19.4. The van der Waals surface area contributed by atoms with Gasteiger partial charge in [0.05, 0.1) is 6.61 Å². The highest BCUT2D eigenvalue weighted by Gasteiger charge is 2.41. The van der Waals surface area contributed by atoms with Crippen LogP contribution in [0.5, 0.6) is 0 Å². The maximum absolute atomic E-state index is 13.4. The number of benzene rings is 2. The van der Waals surface area contributed by atoms with E-state index < -0.39 is 5.60 Å². The Kier molecular flexibility index (Phi) is 5.98. The van der Waals surface area contributed by atoms with Gasteiger partial charge in [0.25, 0.3) is 0 Å². The van der Waals surface area contributed by atoms with Crippen molar-refractivity contribution in [1.29, 1.82) is 0 Å². The average molecular weight is 403 g/mol. The van der Waals surface area contributed by atoms with Gasteiger partial charge in [-0.05, 0) is 62.3 Å². The quantitative estimate of drug-likeness (QED) is 0.685. The standard InChI is InChI=1S/C19H21FNO.BrH.Mg/c1-21(2)13-5-12-19(16-8-10-17(20)11-9-16)18-7-4-3-6-15(18)14-22-19;;/h4,6-11H,5,12-14H2,1-2H3;1H;/q;;+1/p-1. The van der Waals surface area contributed by atoms with E-state index in [9.17, 15) is 4.39 Å². The predicted octanol–water partition coefficient (Wildman–Crippen LogP) is 3.58. The lowest BCUT2D eigenvalue weighted by molar-refractivity contribution is -0.0140. The van der Waals surface area contributed by atoms with Gasteiger partial charge in [0.15, 0.2) is 0 Å². The van der Waals surface area contributed by atoms with E-state index in [-0.39, 0.29) is 24.0 Å². The van der Waals surface area contributed by atoms with Gasteiger partial charge >= 0.3 is 18.2 Å². The summed E-state index contributed by atoms with van der Waals surface area (Å²) >= 11 is 3.30. The molecule has 0 N–H and O–H groups in total. The van der Waals surface area contributed by atoms with Gasteiger partial charge in [-0.3, -0.25) is 12.9 Å². The first-order valence-corrected chi connectivity index (χ1v) is 12.9. The van der Waals surface area contributed by atoms with Crippen molar-refractivity contribution in [2.75, 3.05) is 20.6 Å². The second kappa shape index (κ2) is 7.83. The van der Waals surface area contributed by atoms with Crippen molar-refractivity contribution in [2.24, 2.45) is 0 Å². The zero-order chi connectivity index (χ0) is 17.2. The van der Waals surface area contributed by atoms with E-state index in [1.165, 1.54) is 27.0 Å². The van der Waals surface area contributed by atoms with Crippen molar-refractivity contribution in [3.63, 3.8) is 0 Å². The number of hydrogen-bond donors (Lipinski definition) is 0. The van der Waals surface area contributed by atoms with Crippen LogP contribution in [0.4, 0.5) is 4.39 Å². The molecule has 2 nitrogen and oxygen atoms in total. The molecule has 0 aromatic heterocycles. The molecule has 5 heteroatoms. The Labute approximate surface area is 159 Å². The minimum absolute atomic E-state index is 0.207. The molecule has 1 aliphatic heterocycles. The van der Waals surface area contributed by atoms with E-state index >= 15 is 0 Å². The van der Waals surface area contributed by atoms with Crippen LogP contribution in [0.15, 0.2) is 42.5 Å². The smallest absolute Gasteiger partial charge is 0.361 e. The van der Waals surface area contributed by atoms with E-state index in [4.69, 9.17) is 4.74 Å². The highest BCUT2D eigenvalue weighted by molar-refractivity contribution is 9.23. The fourth-order valence-corrected chi connectivity index (χ4v) is 5.05. The zero-order valence-electron chi connectivity index (χ0n) is 14.2. The Balaban J connectivity index is 2.00. The summed E-state index contributed by atoms with van der Waals surface area (Å²) in [6.45, 7) is 1.64. The molecule has 1 aliphatic rings. The minimum atomic E-state index is -0.453. The zero-order valence-corrected chi connectivity index (χ0v) is 17.2. The van der Waals surface area contributed by atoms with Crippen LogP contribution in [-0.4, -0.2) is 43.7 Å². The largest absolute Gasteiger partial charge is 0.506 e. The number of fused-ring (bicyclic) bond motifs is 1. The summed E-state index contributed by atoms with van der Waals surface area (Å²) in [5.74, 6) is -0.207. The van der Waals surface area contributed by atoms with Gasteiger partial charge in [-0.25, -0.2) is 4.39 Å². The van der Waals surface area contributed by atoms with Gasteiger partial charge in [-0.2, -0.15) is 3.69 Å². The molecule has 2 aromatic carbocycles. The Morgan fingerprint density at radius 2 is 1.96 bits per heavy atom. The molecular weight excluding hydrogens is 381 g/mol. The van der Waals surface area contributed by atoms with Crippen molar-refractivity contribution in [3.05, 3.63) is 65.0 Å². The van der Waals surface area contributed by atoms with E-state index in [2.05, 4.69) is 50.1 Å². The van der Waals surface area contributed by atoms with Crippen LogP contribution in [0.1, 0.15) is 29.5 Å². The Hall–Kier alpha value is -0.464. The molecule has 1 heterocycles. The van der Waals surface area contributed by atoms with Gasteiger partial charge in [0, 0.05) is 0 Å². The number of halogens is 2. The molecule has 0 radical (unpaired) electrons. The van der Waals surface area contributed by atoms with Crippen LogP contribution in [0, 0.1) is 5.82 Å². The summed E-state index contributed by atoms with van der Waals surface area (Å²) < 4.78 is 21.2. The number of hydrogen-bond acceptors (Lipinski definition) is 2.